The summed E-state index contributed by atoms with van der Waals surface area (Å²) in [6, 6.07) is 8.13. The van der Waals surface area contributed by atoms with Crippen molar-refractivity contribution in [1.29, 1.82) is 0 Å². The van der Waals surface area contributed by atoms with Gasteiger partial charge in [-0.05, 0) is 12.1 Å². The van der Waals surface area contributed by atoms with Crippen LogP contribution < -0.4 is 9.64 Å². The summed E-state index contributed by atoms with van der Waals surface area (Å²) in [6.07, 6.45) is -3.38. The topological polar surface area (TPSA) is 38.2 Å². The normalized spacial score (nSPS) is 11.3. The van der Waals surface area contributed by atoms with Gasteiger partial charge in [0.1, 0.15) is 11.4 Å². The van der Waals surface area contributed by atoms with E-state index in [1.54, 1.807) is 20.2 Å². The highest BCUT2D eigenvalue weighted by Gasteiger charge is 2.33. The van der Waals surface area contributed by atoms with Crippen LogP contribution in [0, 0.1) is 0 Å². The van der Waals surface area contributed by atoms with E-state index in [9.17, 15) is 13.2 Å². The lowest BCUT2D eigenvalue weighted by molar-refractivity contribution is -0.141. The molecule has 21 heavy (non-hydrogen) atoms. The van der Waals surface area contributed by atoms with E-state index in [2.05, 4.69) is 9.97 Å². The van der Waals surface area contributed by atoms with Crippen LogP contribution in [0.4, 0.5) is 19.1 Å². The van der Waals surface area contributed by atoms with Crippen LogP contribution in [0.25, 0.3) is 0 Å². The third-order valence-corrected chi connectivity index (χ3v) is 2.87. The molecule has 0 atom stereocenters. The summed E-state index contributed by atoms with van der Waals surface area (Å²) in [6.45, 7) is 0.339. The molecule has 1 aromatic heterocycles. The van der Waals surface area contributed by atoms with Crippen LogP contribution >= 0.6 is 0 Å². The minimum atomic E-state index is -4.48. The van der Waals surface area contributed by atoms with Crippen molar-refractivity contribution in [2.45, 2.75) is 12.7 Å². The lowest BCUT2D eigenvalue weighted by Gasteiger charge is -2.19. The molecule has 7 heteroatoms. The Balaban J connectivity index is 2.22. The number of nitrogens with zero attached hydrogens (tertiary/aromatic N) is 3. The van der Waals surface area contributed by atoms with Crippen molar-refractivity contribution in [3.8, 4) is 5.75 Å². The summed E-state index contributed by atoms with van der Waals surface area (Å²) in [4.78, 5) is 8.96. The zero-order valence-electron chi connectivity index (χ0n) is 11.6. The Kier molecular flexibility index (Phi) is 4.30. The number of alkyl halides is 3. The van der Waals surface area contributed by atoms with Crippen molar-refractivity contribution in [1.82, 2.24) is 9.97 Å². The van der Waals surface area contributed by atoms with Crippen LogP contribution in [0.15, 0.2) is 36.5 Å². The average Bonchev–Trinajstić information content (AvgIpc) is 2.47. The summed E-state index contributed by atoms with van der Waals surface area (Å²) in [5.41, 5.74) is -0.122. The number of hydrogen-bond acceptors (Lipinski definition) is 4. The number of anilines is 1. The molecule has 0 spiro atoms. The van der Waals surface area contributed by atoms with Crippen LogP contribution in [0.5, 0.6) is 5.75 Å². The van der Waals surface area contributed by atoms with Crippen LogP contribution in [-0.4, -0.2) is 24.1 Å². The first-order valence-electron chi connectivity index (χ1n) is 6.15. The maximum atomic E-state index is 12.6. The van der Waals surface area contributed by atoms with E-state index in [1.807, 2.05) is 18.2 Å². The van der Waals surface area contributed by atoms with Crippen LogP contribution in [0.3, 0.4) is 0 Å². The van der Waals surface area contributed by atoms with Gasteiger partial charge < -0.3 is 9.64 Å². The van der Waals surface area contributed by atoms with Gasteiger partial charge in [0.2, 0.25) is 5.95 Å². The van der Waals surface area contributed by atoms with Gasteiger partial charge in [-0.3, -0.25) is 0 Å². The van der Waals surface area contributed by atoms with Crippen molar-refractivity contribution >= 4 is 5.95 Å². The number of aromatic nitrogens is 2. The fourth-order valence-corrected chi connectivity index (χ4v) is 1.85. The predicted molar refractivity (Wildman–Crippen MR) is 72.1 cm³/mol. The van der Waals surface area contributed by atoms with E-state index >= 15 is 0 Å². The van der Waals surface area contributed by atoms with E-state index in [0.29, 0.717) is 12.3 Å². The molecule has 112 valence electrons. The van der Waals surface area contributed by atoms with Gasteiger partial charge in [-0.2, -0.15) is 13.2 Å². The van der Waals surface area contributed by atoms with E-state index in [1.165, 1.54) is 4.90 Å². The van der Waals surface area contributed by atoms with E-state index in [-0.39, 0.29) is 5.95 Å². The molecule has 2 rings (SSSR count). The molecule has 0 radical (unpaired) electrons. The molecule has 0 amide bonds. The van der Waals surface area contributed by atoms with Crippen molar-refractivity contribution in [3.63, 3.8) is 0 Å². The van der Waals surface area contributed by atoms with E-state index < -0.39 is 11.9 Å². The molecule has 1 aromatic carbocycles. The minimum Gasteiger partial charge on any atom is -0.496 e. The number of para-hydroxylation sites is 1. The monoisotopic (exact) mass is 297 g/mol. The Hall–Kier alpha value is -2.31. The molecule has 0 aliphatic rings. The molecule has 0 saturated heterocycles. The van der Waals surface area contributed by atoms with Gasteiger partial charge >= 0.3 is 6.18 Å². The highest BCUT2D eigenvalue weighted by Crippen LogP contribution is 2.28. The molecule has 0 unspecified atom stereocenters. The van der Waals surface area contributed by atoms with Crippen LogP contribution in [0.2, 0.25) is 0 Å². The standard InChI is InChI=1S/C14H14F3N3O/c1-20(9-10-5-3-4-6-11(10)21-2)13-18-8-7-12(19-13)14(15,16)17/h3-8H,9H2,1-2H3. The Morgan fingerprint density at radius 3 is 2.57 bits per heavy atom. The number of hydrogen-bond donors (Lipinski definition) is 0. The first kappa shape index (κ1) is 15.1. The van der Waals surface area contributed by atoms with Crippen molar-refractivity contribution in [2.75, 3.05) is 19.1 Å². The van der Waals surface area contributed by atoms with Crippen LogP contribution in [0.1, 0.15) is 11.3 Å². The summed E-state index contributed by atoms with van der Waals surface area (Å²) in [7, 11) is 3.17. The molecule has 0 aliphatic carbocycles. The predicted octanol–water partition coefficient (Wildman–Crippen LogP) is 3.14. The summed E-state index contributed by atoms with van der Waals surface area (Å²) < 4.78 is 43.2. The van der Waals surface area contributed by atoms with E-state index in [4.69, 9.17) is 4.74 Å². The number of methoxy groups -OCH3 is 1. The van der Waals surface area contributed by atoms with Crippen molar-refractivity contribution in [2.24, 2.45) is 0 Å². The molecule has 0 aliphatic heterocycles. The van der Waals surface area contributed by atoms with E-state index in [0.717, 1.165) is 17.8 Å². The molecule has 4 nitrogen and oxygen atoms in total. The highest BCUT2D eigenvalue weighted by atomic mass is 19.4. The first-order chi connectivity index (χ1) is 9.91. The molecule has 0 N–H and O–H groups in total. The lowest BCUT2D eigenvalue weighted by Crippen LogP contribution is -2.21. The molecule has 0 saturated carbocycles. The SMILES string of the molecule is COc1ccccc1CN(C)c1nccc(C(F)(F)F)n1. The zero-order chi connectivity index (χ0) is 15.5. The maximum Gasteiger partial charge on any atom is 0.433 e. The first-order valence-corrected chi connectivity index (χ1v) is 6.15. The van der Waals surface area contributed by atoms with Crippen molar-refractivity contribution in [3.05, 3.63) is 47.8 Å². The highest BCUT2D eigenvalue weighted by molar-refractivity contribution is 5.38. The second kappa shape index (κ2) is 5.99. The average molecular weight is 297 g/mol. The van der Waals surface area contributed by atoms with Gasteiger partial charge in [0.15, 0.2) is 0 Å². The van der Waals surface area contributed by atoms with Gasteiger partial charge in [0.25, 0.3) is 0 Å². The number of benzene rings is 1. The third kappa shape index (κ3) is 3.62. The van der Waals surface area contributed by atoms with Crippen molar-refractivity contribution < 1.29 is 17.9 Å². The lowest BCUT2D eigenvalue weighted by atomic mass is 10.2. The van der Waals surface area contributed by atoms with Gasteiger partial charge in [0.05, 0.1) is 7.11 Å². The fraction of sp³-hybridized carbons (Fsp3) is 0.286. The molecular weight excluding hydrogens is 283 g/mol. The largest absolute Gasteiger partial charge is 0.496 e. The summed E-state index contributed by atoms with van der Waals surface area (Å²) in [5, 5.41) is 0. The second-order valence-corrected chi connectivity index (χ2v) is 4.41. The molecule has 0 bridgehead atoms. The second-order valence-electron chi connectivity index (χ2n) is 4.41. The maximum absolute atomic E-state index is 12.6. The number of halogens is 3. The Morgan fingerprint density at radius 1 is 1.19 bits per heavy atom. The molecule has 1 heterocycles. The third-order valence-electron chi connectivity index (χ3n) is 2.87. The summed E-state index contributed by atoms with van der Waals surface area (Å²) >= 11 is 0. The Bertz CT molecular complexity index is 616. The van der Waals surface area contributed by atoms with Gasteiger partial charge in [0, 0.05) is 25.4 Å². The smallest absolute Gasteiger partial charge is 0.433 e. The quantitative estimate of drug-likeness (QED) is 0.869. The number of rotatable bonds is 4. The minimum absolute atomic E-state index is 0.00994. The fourth-order valence-electron chi connectivity index (χ4n) is 1.85. The van der Waals surface area contributed by atoms with Gasteiger partial charge in [-0.1, -0.05) is 18.2 Å². The van der Waals surface area contributed by atoms with Gasteiger partial charge in [-0.15, -0.1) is 0 Å². The Morgan fingerprint density at radius 2 is 1.90 bits per heavy atom. The molecule has 2 aromatic rings. The zero-order valence-corrected chi connectivity index (χ0v) is 11.6. The van der Waals surface area contributed by atoms with Crippen LogP contribution in [-0.2, 0) is 12.7 Å². The molecule has 0 fully saturated rings. The molecular formula is C14H14F3N3O. The number of ether oxygens (including phenoxy) is 1. The summed E-state index contributed by atoms with van der Waals surface area (Å²) in [5.74, 6) is 0.673. The Labute approximate surface area is 120 Å². The van der Waals surface area contributed by atoms with Gasteiger partial charge in [-0.25, -0.2) is 9.97 Å².